The van der Waals surface area contributed by atoms with E-state index in [0.717, 1.165) is 12.5 Å². The first-order valence-corrected chi connectivity index (χ1v) is 12.3. The van der Waals surface area contributed by atoms with Gasteiger partial charge >= 0.3 is 0 Å². The van der Waals surface area contributed by atoms with Crippen molar-refractivity contribution in [2.75, 3.05) is 11.9 Å². The zero-order chi connectivity index (χ0) is 22.8. The number of benzene rings is 1. The molecule has 33 heavy (non-hydrogen) atoms. The Labute approximate surface area is 197 Å². The molecule has 2 aliphatic carbocycles. The first-order chi connectivity index (χ1) is 16.1. The summed E-state index contributed by atoms with van der Waals surface area (Å²) in [6.45, 7) is 6.91. The molecular formula is C28H35N5. The van der Waals surface area contributed by atoms with Gasteiger partial charge in [0.1, 0.15) is 0 Å². The first-order valence-electron chi connectivity index (χ1n) is 12.3. The summed E-state index contributed by atoms with van der Waals surface area (Å²) in [5, 5.41) is 11.2. The molecule has 0 spiro atoms. The van der Waals surface area contributed by atoms with Gasteiger partial charge in [0.2, 0.25) is 0 Å². The van der Waals surface area contributed by atoms with Gasteiger partial charge in [0, 0.05) is 55.4 Å². The Kier molecular flexibility index (Phi) is 6.21. The molecular weight excluding hydrogens is 406 g/mol. The fraction of sp³-hybridized carbons (Fsp3) is 0.429. The van der Waals surface area contributed by atoms with Crippen LogP contribution in [-0.2, 0) is 7.05 Å². The van der Waals surface area contributed by atoms with E-state index in [1.807, 2.05) is 11.2 Å². The van der Waals surface area contributed by atoms with Crippen LogP contribution in [0.15, 0.2) is 60.1 Å². The van der Waals surface area contributed by atoms with E-state index >= 15 is 0 Å². The number of hydrogen-bond acceptors (Lipinski definition) is 4. The van der Waals surface area contributed by atoms with Gasteiger partial charge < -0.3 is 9.88 Å². The molecule has 1 N–H and O–H groups in total. The molecule has 172 valence electrons. The molecule has 2 saturated carbocycles. The minimum absolute atomic E-state index is 0.540. The quantitative estimate of drug-likeness (QED) is 0.325. The molecule has 0 bridgehead atoms. The summed E-state index contributed by atoms with van der Waals surface area (Å²) in [5.41, 5.74) is 6.14. The smallest absolute Gasteiger partial charge is 0.0664 e. The van der Waals surface area contributed by atoms with E-state index in [0.29, 0.717) is 12.0 Å². The largest absolute Gasteiger partial charge is 0.385 e. The summed E-state index contributed by atoms with van der Waals surface area (Å²) in [6.07, 6.45) is 13.7. The number of hydrazone groups is 1. The standard InChI is InChI=1S/C28H35N5/c1-20(19-33(29-2)26-11-12-26)23-5-4-6-25(15-23)30-17-21-7-9-22(10-8-21)27-16-24-13-14-32(3)28(24)18-31-27/h4-6,13-16,18-19,21-22,26,30H,2,7-12,17H2,1,3H3/b20-19+/t21-,22-. The lowest BCUT2D eigenvalue weighted by Gasteiger charge is -2.28. The highest BCUT2D eigenvalue weighted by Gasteiger charge is 2.27. The lowest BCUT2D eigenvalue weighted by molar-refractivity contribution is 0.335. The number of nitrogens with zero attached hydrogens (tertiary/aromatic N) is 4. The minimum Gasteiger partial charge on any atom is -0.385 e. The number of rotatable bonds is 8. The average Bonchev–Trinajstić information content (AvgIpc) is 3.64. The molecule has 0 radical (unpaired) electrons. The van der Waals surface area contributed by atoms with Crippen LogP contribution in [0.25, 0.3) is 16.5 Å². The minimum atomic E-state index is 0.540. The van der Waals surface area contributed by atoms with Crippen molar-refractivity contribution in [2.24, 2.45) is 18.1 Å². The molecule has 0 amide bonds. The summed E-state index contributed by atoms with van der Waals surface area (Å²) in [5.74, 6) is 1.31. The first kappa shape index (κ1) is 21.7. The summed E-state index contributed by atoms with van der Waals surface area (Å²) < 4.78 is 2.14. The summed E-state index contributed by atoms with van der Waals surface area (Å²) >= 11 is 0. The molecule has 2 aromatic heterocycles. The van der Waals surface area contributed by atoms with Crippen molar-refractivity contribution in [3.8, 4) is 0 Å². The summed E-state index contributed by atoms with van der Waals surface area (Å²) in [7, 11) is 2.08. The molecule has 0 saturated heterocycles. The SMILES string of the molecule is C=NN(/C=C(\C)c1cccc(NC[C@H]2CC[C@H](c3cc4ccn(C)c4cn3)CC2)c1)C1CC1. The number of anilines is 1. The Morgan fingerprint density at radius 3 is 2.76 bits per heavy atom. The Hall–Kier alpha value is -3.08. The highest BCUT2D eigenvalue weighted by Crippen LogP contribution is 2.36. The number of pyridine rings is 1. The molecule has 0 unspecified atom stereocenters. The van der Waals surface area contributed by atoms with E-state index < -0.39 is 0 Å². The van der Waals surface area contributed by atoms with Gasteiger partial charge in [0.15, 0.2) is 0 Å². The van der Waals surface area contributed by atoms with Crippen molar-refractivity contribution in [1.82, 2.24) is 14.6 Å². The maximum atomic E-state index is 4.79. The highest BCUT2D eigenvalue weighted by molar-refractivity contribution is 5.79. The van der Waals surface area contributed by atoms with Crippen LogP contribution >= 0.6 is 0 Å². The van der Waals surface area contributed by atoms with Crippen molar-refractivity contribution in [2.45, 2.75) is 57.4 Å². The molecule has 5 nitrogen and oxygen atoms in total. The van der Waals surface area contributed by atoms with Crippen LogP contribution in [-0.4, -0.2) is 33.9 Å². The zero-order valence-electron chi connectivity index (χ0n) is 19.9. The monoisotopic (exact) mass is 441 g/mol. The normalized spacial score (nSPS) is 21.2. The van der Waals surface area contributed by atoms with Gasteiger partial charge in [-0.1, -0.05) is 12.1 Å². The van der Waals surface area contributed by atoms with Gasteiger partial charge in [-0.3, -0.25) is 9.99 Å². The van der Waals surface area contributed by atoms with E-state index in [9.17, 15) is 0 Å². The zero-order valence-corrected chi connectivity index (χ0v) is 19.9. The number of allylic oxidation sites excluding steroid dienone is 1. The van der Waals surface area contributed by atoms with E-state index in [4.69, 9.17) is 4.98 Å². The molecule has 2 heterocycles. The third-order valence-corrected chi connectivity index (χ3v) is 7.38. The second-order valence-electron chi connectivity index (χ2n) is 9.84. The van der Waals surface area contributed by atoms with Crippen molar-refractivity contribution >= 4 is 28.9 Å². The predicted molar refractivity (Wildman–Crippen MR) is 138 cm³/mol. The molecule has 5 rings (SSSR count). The number of nitrogens with one attached hydrogen (secondary N) is 1. The van der Waals surface area contributed by atoms with Crippen LogP contribution in [0, 0.1) is 5.92 Å². The van der Waals surface area contributed by atoms with Gasteiger partial charge in [0.05, 0.1) is 17.8 Å². The molecule has 2 aliphatic rings. The molecule has 0 aliphatic heterocycles. The predicted octanol–water partition coefficient (Wildman–Crippen LogP) is 6.40. The van der Waals surface area contributed by atoms with Crippen molar-refractivity contribution in [3.05, 3.63) is 66.2 Å². The molecule has 3 aromatic rings. The Morgan fingerprint density at radius 2 is 2.00 bits per heavy atom. The van der Waals surface area contributed by atoms with Crippen molar-refractivity contribution in [1.29, 1.82) is 0 Å². The topological polar surface area (TPSA) is 45.5 Å². The average molecular weight is 442 g/mol. The van der Waals surface area contributed by atoms with Gasteiger partial charge in [-0.15, -0.1) is 0 Å². The Morgan fingerprint density at radius 1 is 1.18 bits per heavy atom. The number of aromatic nitrogens is 2. The number of aryl methyl sites for hydroxylation is 1. The Balaban J connectivity index is 1.15. The molecule has 2 fully saturated rings. The number of fused-ring (bicyclic) bond motifs is 1. The highest BCUT2D eigenvalue weighted by atomic mass is 15.5. The van der Waals surface area contributed by atoms with E-state index in [-0.39, 0.29) is 0 Å². The third kappa shape index (κ3) is 4.97. The number of hydrogen-bond donors (Lipinski definition) is 1. The van der Waals surface area contributed by atoms with Crippen LogP contribution in [0.3, 0.4) is 0 Å². The molecule has 0 atom stereocenters. The summed E-state index contributed by atoms with van der Waals surface area (Å²) in [4.78, 5) is 4.79. The fourth-order valence-corrected chi connectivity index (χ4v) is 5.08. The maximum Gasteiger partial charge on any atom is 0.0664 e. The lowest BCUT2D eigenvalue weighted by atomic mass is 9.80. The Bertz CT molecular complexity index is 1150. The fourth-order valence-electron chi connectivity index (χ4n) is 5.08. The van der Waals surface area contributed by atoms with Crippen LogP contribution in [0.2, 0.25) is 0 Å². The third-order valence-electron chi connectivity index (χ3n) is 7.38. The molecule has 5 heteroatoms. The van der Waals surface area contributed by atoms with E-state index in [1.54, 1.807) is 0 Å². The van der Waals surface area contributed by atoms with Gasteiger partial charge in [0.25, 0.3) is 0 Å². The second-order valence-corrected chi connectivity index (χ2v) is 9.84. The van der Waals surface area contributed by atoms with E-state index in [2.05, 4.69) is 84.5 Å². The lowest BCUT2D eigenvalue weighted by Crippen LogP contribution is -2.21. The van der Waals surface area contributed by atoms with Gasteiger partial charge in [-0.05, 0) is 86.8 Å². The summed E-state index contributed by atoms with van der Waals surface area (Å²) in [6, 6.07) is 13.8. The van der Waals surface area contributed by atoms with Gasteiger partial charge in [-0.2, -0.15) is 5.10 Å². The van der Waals surface area contributed by atoms with Crippen LogP contribution in [0.1, 0.15) is 62.6 Å². The van der Waals surface area contributed by atoms with Crippen LogP contribution < -0.4 is 5.32 Å². The van der Waals surface area contributed by atoms with Crippen molar-refractivity contribution in [3.63, 3.8) is 0 Å². The van der Waals surface area contributed by atoms with Crippen LogP contribution in [0.4, 0.5) is 5.69 Å². The second kappa shape index (κ2) is 9.42. The van der Waals surface area contributed by atoms with Crippen molar-refractivity contribution < 1.29 is 0 Å². The maximum absolute atomic E-state index is 4.79. The van der Waals surface area contributed by atoms with Crippen LogP contribution in [0.5, 0.6) is 0 Å². The van der Waals surface area contributed by atoms with E-state index in [1.165, 1.54) is 71.9 Å². The molecule has 1 aromatic carbocycles. The van der Waals surface area contributed by atoms with Gasteiger partial charge in [-0.25, -0.2) is 0 Å².